The molecule has 0 amide bonds. The van der Waals surface area contributed by atoms with Gasteiger partial charge in [0.05, 0.1) is 23.3 Å². The lowest BCUT2D eigenvalue weighted by Crippen LogP contribution is -2.05. The molecule has 3 N–H and O–H groups in total. The molecule has 4 aromatic rings. The Bertz CT molecular complexity index is 1060. The molecular formula is C22H21N3O. The van der Waals surface area contributed by atoms with Crippen LogP contribution in [-0.4, -0.2) is 23.2 Å². The summed E-state index contributed by atoms with van der Waals surface area (Å²) in [6.07, 6.45) is 0. The maximum Gasteiger partial charge on any atom is 0.0733 e. The molecule has 4 nitrogen and oxygen atoms in total. The molecule has 0 unspecified atom stereocenters. The molecule has 1 heterocycles. The molecule has 3 aromatic carbocycles. The van der Waals surface area contributed by atoms with E-state index in [1.54, 1.807) is 0 Å². The van der Waals surface area contributed by atoms with E-state index < -0.39 is 0 Å². The lowest BCUT2D eigenvalue weighted by atomic mass is 10.1. The van der Waals surface area contributed by atoms with Crippen LogP contribution in [-0.2, 0) is 0 Å². The number of rotatable bonds is 5. The molecular weight excluding hydrogens is 322 g/mol. The van der Waals surface area contributed by atoms with Crippen molar-refractivity contribution in [3.63, 3.8) is 0 Å². The minimum atomic E-state index is 0.119. The molecule has 130 valence electrons. The summed E-state index contributed by atoms with van der Waals surface area (Å²) in [6.45, 7) is 2.75. The van der Waals surface area contributed by atoms with Gasteiger partial charge in [-0.2, -0.15) is 0 Å². The molecule has 0 saturated carbocycles. The summed E-state index contributed by atoms with van der Waals surface area (Å²) in [5.74, 6) is 0. The van der Waals surface area contributed by atoms with E-state index in [2.05, 4.69) is 41.8 Å². The maximum atomic E-state index is 8.92. The summed E-state index contributed by atoms with van der Waals surface area (Å²) in [4.78, 5) is 4.81. The number of anilines is 3. The molecule has 26 heavy (non-hydrogen) atoms. The van der Waals surface area contributed by atoms with E-state index in [0.717, 1.165) is 38.9 Å². The summed E-state index contributed by atoms with van der Waals surface area (Å²) < 4.78 is 0. The first kappa shape index (κ1) is 16.4. The standard InChI is InChI=1S/C22H21N3O/c1-15-6-11-19-21(14-15)25-20-5-3-2-4-18(20)22(19)24-17-9-7-16(8-10-17)23-12-13-26/h2-11,14,23,26H,12-13H2,1H3,(H,24,25). The molecule has 0 spiro atoms. The van der Waals surface area contributed by atoms with Gasteiger partial charge in [-0.25, -0.2) is 4.98 Å². The van der Waals surface area contributed by atoms with Crippen molar-refractivity contribution < 1.29 is 5.11 Å². The molecule has 0 atom stereocenters. The highest BCUT2D eigenvalue weighted by molar-refractivity contribution is 6.08. The fourth-order valence-corrected chi connectivity index (χ4v) is 3.15. The van der Waals surface area contributed by atoms with Crippen LogP contribution < -0.4 is 10.6 Å². The number of benzene rings is 3. The van der Waals surface area contributed by atoms with Crippen LogP contribution in [0.5, 0.6) is 0 Å². The van der Waals surface area contributed by atoms with Crippen LogP contribution in [0.1, 0.15) is 5.56 Å². The number of aryl methyl sites for hydroxylation is 1. The van der Waals surface area contributed by atoms with Gasteiger partial charge in [-0.3, -0.25) is 0 Å². The monoisotopic (exact) mass is 343 g/mol. The Hall–Kier alpha value is -3.11. The molecule has 4 rings (SSSR count). The highest BCUT2D eigenvalue weighted by Crippen LogP contribution is 2.33. The molecule has 0 aliphatic heterocycles. The van der Waals surface area contributed by atoms with Crippen molar-refractivity contribution in [2.24, 2.45) is 0 Å². The largest absolute Gasteiger partial charge is 0.395 e. The van der Waals surface area contributed by atoms with Crippen molar-refractivity contribution in [1.82, 2.24) is 4.98 Å². The first-order valence-corrected chi connectivity index (χ1v) is 8.75. The van der Waals surface area contributed by atoms with Crippen molar-refractivity contribution in [2.45, 2.75) is 6.92 Å². The summed E-state index contributed by atoms with van der Waals surface area (Å²) in [5, 5.41) is 17.9. The van der Waals surface area contributed by atoms with E-state index in [1.165, 1.54) is 5.56 Å². The zero-order chi connectivity index (χ0) is 17.9. The van der Waals surface area contributed by atoms with E-state index in [9.17, 15) is 0 Å². The van der Waals surface area contributed by atoms with E-state index in [-0.39, 0.29) is 6.61 Å². The Morgan fingerprint density at radius 3 is 2.38 bits per heavy atom. The Balaban J connectivity index is 1.78. The van der Waals surface area contributed by atoms with Gasteiger partial charge in [-0.15, -0.1) is 0 Å². The summed E-state index contributed by atoms with van der Waals surface area (Å²) in [5.41, 5.74) is 6.25. The second kappa shape index (κ2) is 7.02. The van der Waals surface area contributed by atoms with Crippen molar-refractivity contribution in [3.05, 3.63) is 72.3 Å². The Labute approximate surface area is 152 Å². The summed E-state index contributed by atoms with van der Waals surface area (Å²) >= 11 is 0. The second-order valence-corrected chi connectivity index (χ2v) is 6.38. The predicted octanol–water partition coefficient (Wildman–Crippen LogP) is 4.84. The second-order valence-electron chi connectivity index (χ2n) is 6.38. The number of fused-ring (bicyclic) bond motifs is 2. The van der Waals surface area contributed by atoms with Crippen LogP contribution in [0.2, 0.25) is 0 Å². The number of nitrogens with zero attached hydrogens (tertiary/aromatic N) is 1. The third kappa shape index (κ3) is 3.19. The topological polar surface area (TPSA) is 57.2 Å². The van der Waals surface area contributed by atoms with Gasteiger partial charge < -0.3 is 15.7 Å². The fourth-order valence-electron chi connectivity index (χ4n) is 3.15. The van der Waals surface area contributed by atoms with Crippen LogP contribution in [0.25, 0.3) is 21.8 Å². The molecule has 0 fully saturated rings. The number of nitrogens with one attached hydrogen (secondary N) is 2. The maximum absolute atomic E-state index is 8.92. The average molecular weight is 343 g/mol. The van der Waals surface area contributed by atoms with Gasteiger partial charge in [0.1, 0.15) is 0 Å². The Morgan fingerprint density at radius 1 is 0.846 bits per heavy atom. The minimum Gasteiger partial charge on any atom is -0.395 e. The molecule has 1 aromatic heterocycles. The van der Waals surface area contributed by atoms with Crippen LogP contribution in [0.3, 0.4) is 0 Å². The number of aromatic nitrogens is 1. The number of hydrogen-bond donors (Lipinski definition) is 3. The zero-order valence-corrected chi connectivity index (χ0v) is 14.7. The zero-order valence-electron chi connectivity index (χ0n) is 14.7. The van der Waals surface area contributed by atoms with Gasteiger partial charge in [0.15, 0.2) is 0 Å². The quantitative estimate of drug-likeness (QED) is 0.454. The van der Waals surface area contributed by atoms with Gasteiger partial charge in [0.25, 0.3) is 0 Å². The minimum absolute atomic E-state index is 0.119. The molecule has 4 heteroatoms. The molecule has 0 aliphatic rings. The van der Waals surface area contributed by atoms with Crippen molar-refractivity contribution in [1.29, 1.82) is 0 Å². The van der Waals surface area contributed by atoms with Gasteiger partial charge in [0, 0.05) is 28.7 Å². The fraction of sp³-hybridized carbons (Fsp3) is 0.136. The number of para-hydroxylation sites is 1. The SMILES string of the molecule is Cc1ccc2c(Nc3ccc(NCCO)cc3)c3ccccc3nc2c1. The van der Waals surface area contributed by atoms with Gasteiger partial charge in [-0.1, -0.05) is 30.3 Å². The first-order valence-electron chi connectivity index (χ1n) is 8.75. The van der Waals surface area contributed by atoms with Crippen LogP contribution >= 0.6 is 0 Å². The van der Waals surface area contributed by atoms with Crippen LogP contribution in [0, 0.1) is 6.92 Å². The van der Waals surface area contributed by atoms with Crippen molar-refractivity contribution in [3.8, 4) is 0 Å². The molecule has 0 saturated heterocycles. The summed E-state index contributed by atoms with van der Waals surface area (Å²) in [6, 6.07) is 22.7. The first-order chi connectivity index (χ1) is 12.7. The number of pyridine rings is 1. The van der Waals surface area contributed by atoms with E-state index in [0.29, 0.717) is 6.54 Å². The lowest BCUT2D eigenvalue weighted by molar-refractivity contribution is 0.311. The average Bonchev–Trinajstić information content (AvgIpc) is 2.67. The molecule has 0 aliphatic carbocycles. The highest BCUT2D eigenvalue weighted by Gasteiger charge is 2.09. The molecule has 0 radical (unpaired) electrons. The smallest absolute Gasteiger partial charge is 0.0733 e. The number of aliphatic hydroxyl groups excluding tert-OH is 1. The number of aliphatic hydroxyl groups is 1. The van der Waals surface area contributed by atoms with Crippen LogP contribution in [0.4, 0.5) is 17.1 Å². The molecule has 0 bridgehead atoms. The van der Waals surface area contributed by atoms with Gasteiger partial charge >= 0.3 is 0 Å². The summed E-state index contributed by atoms with van der Waals surface area (Å²) in [7, 11) is 0. The van der Waals surface area contributed by atoms with Crippen molar-refractivity contribution in [2.75, 3.05) is 23.8 Å². The third-order valence-electron chi connectivity index (χ3n) is 4.43. The highest BCUT2D eigenvalue weighted by atomic mass is 16.3. The normalized spacial score (nSPS) is 11.0. The van der Waals surface area contributed by atoms with Crippen molar-refractivity contribution >= 4 is 38.9 Å². The Morgan fingerprint density at radius 2 is 1.58 bits per heavy atom. The lowest BCUT2D eigenvalue weighted by Gasteiger charge is -2.14. The van der Waals surface area contributed by atoms with E-state index in [1.807, 2.05) is 42.5 Å². The third-order valence-corrected chi connectivity index (χ3v) is 4.43. The Kier molecular flexibility index (Phi) is 4.42. The predicted molar refractivity (Wildman–Crippen MR) is 109 cm³/mol. The van der Waals surface area contributed by atoms with Gasteiger partial charge in [0.2, 0.25) is 0 Å². The van der Waals surface area contributed by atoms with E-state index >= 15 is 0 Å². The van der Waals surface area contributed by atoms with Crippen LogP contribution in [0.15, 0.2) is 66.7 Å². The van der Waals surface area contributed by atoms with Gasteiger partial charge in [-0.05, 0) is 48.9 Å². The number of hydrogen-bond acceptors (Lipinski definition) is 4. The van der Waals surface area contributed by atoms with E-state index in [4.69, 9.17) is 10.1 Å².